The Morgan fingerprint density at radius 2 is 1.53 bits per heavy atom. The summed E-state index contributed by atoms with van der Waals surface area (Å²) < 4.78 is 1.78. The van der Waals surface area contributed by atoms with Crippen LogP contribution in [0.1, 0.15) is 31.0 Å². The van der Waals surface area contributed by atoms with Crippen LogP contribution < -0.4 is 0 Å². The molecule has 0 saturated carbocycles. The molecule has 168 valence electrons. The monoisotopic (exact) mass is 450 g/mol. The van der Waals surface area contributed by atoms with E-state index in [9.17, 15) is 4.79 Å². The molecule has 0 N–H and O–H groups in total. The highest BCUT2D eigenvalue weighted by Gasteiger charge is 2.28. The van der Waals surface area contributed by atoms with E-state index in [0.29, 0.717) is 16.8 Å². The Balaban J connectivity index is 1.36. The van der Waals surface area contributed by atoms with Crippen LogP contribution in [-0.2, 0) is 11.3 Å². The predicted molar refractivity (Wildman–Crippen MR) is 126 cm³/mol. The summed E-state index contributed by atoms with van der Waals surface area (Å²) in [5, 5.41) is 12.6. The maximum atomic E-state index is 12.9. The van der Waals surface area contributed by atoms with Crippen LogP contribution in [0.3, 0.4) is 0 Å². The Labute approximate surface area is 193 Å². The predicted octanol–water partition coefficient (Wildman–Crippen LogP) is 3.36. The van der Waals surface area contributed by atoms with Gasteiger partial charge in [0, 0.05) is 32.7 Å². The molecule has 0 spiro atoms. The van der Waals surface area contributed by atoms with Gasteiger partial charge in [-0.15, -0.1) is 5.10 Å². The van der Waals surface area contributed by atoms with E-state index in [0.717, 1.165) is 32.7 Å². The Hall–Kier alpha value is -2.71. The van der Waals surface area contributed by atoms with Crippen molar-refractivity contribution in [3.8, 4) is 0 Å². The molecule has 4 rings (SSSR count). The molecule has 1 saturated heterocycles. The van der Waals surface area contributed by atoms with E-state index >= 15 is 0 Å². The van der Waals surface area contributed by atoms with Crippen LogP contribution in [0.2, 0.25) is 0 Å². The lowest BCUT2D eigenvalue weighted by Gasteiger charge is -2.39. The van der Waals surface area contributed by atoms with Gasteiger partial charge < -0.3 is 4.90 Å². The van der Waals surface area contributed by atoms with Crippen molar-refractivity contribution in [1.29, 1.82) is 0 Å². The van der Waals surface area contributed by atoms with Crippen LogP contribution in [0.4, 0.5) is 0 Å². The van der Waals surface area contributed by atoms with E-state index in [1.807, 2.05) is 4.90 Å². The Bertz CT molecular complexity index is 946. The smallest absolute Gasteiger partial charge is 0.233 e. The molecular formula is C24H30N6OS. The number of carbonyl (C=O) groups is 1. The molecule has 0 atom stereocenters. The third-order valence-corrected chi connectivity index (χ3v) is 6.57. The standard InChI is InChI=1S/C24H30N6OS/c1-19(2)17-30-24(25-26-27-30)32-18-22(31)28-13-15-29(16-14-28)23(20-9-5-3-6-10-20)21-11-7-4-8-12-21/h3-12,19,23H,13-18H2,1-2H3. The van der Waals surface area contributed by atoms with Crippen molar-refractivity contribution in [2.75, 3.05) is 31.9 Å². The van der Waals surface area contributed by atoms with E-state index in [-0.39, 0.29) is 11.9 Å². The summed E-state index contributed by atoms with van der Waals surface area (Å²) in [6.45, 7) is 8.14. The number of hydrogen-bond acceptors (Lipinski definition) is 6. The molecular weight excluding hydrogens is 420 g/mol. The van der Waals surface area contributed by atoms with Crippen LogP contribution in [0, 0.1) is 5.92 Å². The van der Waals surface area contributed by atoms with Gasteiger partial charge in [-0.05, 0) is 27.5 Å². The van der Waals surface area contributed by atoms with Gasteiger partial charge in [0.2, 0.25) is 11.1 Å². The van der Waals surface area contributed by atoms with Crippen molar-refractivity contribution in [2.45, 2.75) is 31.6 Å². The second-order valence-electron chi connectivity index (χ2n) is 8.47. The van der Waals surface area contributed by atoms with Crippen molar-refractivity contribution in [3.05, 3.63) is 71.8 Å². The minimum Gasteiger partial charge on any atom is -0.339 e. The molecule has 8 heteroatoms. The third kappa shape index (κ3) is 5.55. The number of rotatable bonds is 8. The summed E-state index contributed by atoms with van der Waals surface area (Å²) in [6, 6.07) is 21.4. The molecule has 0 unspecified atom stereocenters. The molecule has 32 heavy (non-hydrogen) atoms. The lowest BCUT2D eigenvalue weighted by Crippen LogP contribution is -2.50. The Kier molecular flexibility index (Phi) is 7.55. The van der Waals surface area contributed by atoms with Crippen LogP contribution in [0.25, 0.3) is 0 Å². The molecule has 7 nitrogen and oxygen atoms in total. The van der Waals surface area contributed by atoms with Crippen LogP contribution in [0.5, 0.6) is 0 Å². The molecule has 1 amide bonds. The van der Waals surface area contributed by atoms with Gasteiger partial charge in [-0.3, -0.25) is 9.69 Å². The summed E-state index contributed by atoms with van der Waals surface area (Å²) in [5.41, 5.74) is 2.57. The van der Waals surface area contributed by atoms with Crippen molar-refractivity contribution >= 4 is 17.7 Å². The van der Waals surface area contributed by atoms with Crippen molar-refractivity contribution in [3.63, 3.8) is 0 Å². The largest absolute Gasteiger partial charge is 0.339 e. The summed E-state index contributed by atoms with van der Waals surface area (Å²) in [7, 11) is 0. The summed E-state index contributed by atoms with van der Waals surface area (Å²) in [6.07, 6.45) is 0. The topological polar surface area (TPSA) is 67.2 Å². The maximum absolute atomic E-state index is 12.9. The van der Waals surface area contributed by atoms with Gasteiger partial charge >= 0.3 is 0 Å². The van der Waals surface area contributed by atoms with E-state index < -0.39 is 0 Å². The number of tetrazole rings is 1. The highest BCUT2D eigenvalue weighted by atomic mass is 32.2. The first-order chi connectivity index (χ1) is 15.6. The number of piperazine rings is 1. The van der Waals surface area contributed by atoms with Crippen molar-refractivity contribution in [2.24, 2.45) is 5.92 Å². The average molecular weight is 451 g/mol. The molecule has 2 aromatic carbocycles. The zero-order chi connectivity index (χ0) is 22.3. The zero-order valence-electron chi connectivity index (χ0n) is 18.7. The molecule has 1 aliphatic heterocycles. The van der Waals surface area contributed by atoms with Gasteiger partial charge in [0.15, 0.2) is 0 Å². The minimum atomic E-state index is 0.143. The van der Waals surface area contributed by atoms with Crippen molar-refractivity contribution < 1.29 is 4.79 Å². The molecule has 2 heterocycles. The summed E-state index contributed by atoms with van der Waals surface area (Å²) in [5.74, 6) is 0.952. The number of carbonyl (C=O) groups excluding carboxylic acids is 1. The second-order valence-corrected chi connectivity index (χ2v) is 9.41. The van der Waals surface area contributed by atoms with Gasteiger partial charge in [-0.25, -0.2) is 4.68 Å². The third-order valence-electron chi connectivity index (χ3n) is 5.62. The highest BCUT2D eigenvalue weighted by molar-refractivity contribution is 7.99. The average Bonchev–Trinajstić information content (AvgIpc) is 3.26. The Morgan fingerprint density at radius 1 is 0.938 bits per heavy atom. The molecule has 0 bridgehead atoms. The fraction of sp³-hybridized carbons (Fsp3) is 0.417. The molecule has 0 aliphatic carbocycles. The molecule has 1 fully saturated rings. The van der Waals surface area contributed by atoms with Crippen LogP contribution >= 0.6 is 11.8 Å². The molecule has 1 aliphatic rings. The Morgan fingerprint density at radius 3 is 2.09 bits per heavy atom. The van der Waals surface area contributed by atoms with E-state index in [1.165, 1.54) is 22.9 Å². The first-order valence-corrected chi connectivity index (χ1v) is 12.1. The number of amides is 1. The van der Waals surface area contributed by atoms with Gasteiger partial charge in [0.1, 0.15) is 0 Å². The second kappa shape index (κ2) is 10.7. The van der Waals surface area contributed by atoms with E-state index in [1.54, 1.807) is 4.68 Å². The summed E-state index contributed by atoms with van der Waals surface area (Å²) >= 11 is 1.42. The lowest BCUT2D eigenvalue weighted by molar-refractivity contribution is -0.130. The fourth-order valence-corrected chi connectivity index (χ4v) is 4.88. The quantitative estimate of drug-likeness (QED) is 0.490. The normalized spacial score (nSPS) is 14.9. The maximum Gasteiger partial charge on any atom is 0.233 e. The molecule has 0 radical (unpaired) electrons. The van der Waals surface area contributed by atoms with Crippen LogP contribution in [0.15, 0.2) is 65.8 Å². The van der Waals surface area contributed by atoms with Gasteiger partial charge in [0.25, 0.3) is 0 Å². The lowest BCUT2D eigenvalue weighted by atomic mass is 9.96. The highest BCUT2D eigenvalue weighted by Crippen LogP contribution is 2.29. The number of benzene rings is 2. The first-order valence-electron chi connectivity index (χ1n) is 11.1. The van der Waals surface area contributed by atoms with Gasteiger partial charge in [-0.1, -0.05) is 86.3 Å². The van der Waals surface area contributed by atoms with Crippen molar-refractivity contribution in [1.82, 2.24) is 30.0 Å². The number of nitrogens with zero attached hydrogens (tertiary/aromatic N) is 6. The van der Waals surface area contributed by atoms with E-state index in [2.05, 4.69) is 94.9 Å². The van der Waals surface area contributed by atoms with E-state index in [4.69, 9.17) is 0 Å². The fourth-order valence-electron chi connectivity index (χ4n) is 4.09. The molecule has 3 aromatic rings. The molecule has 1 aromatic heterocycles. The SMILES string of the molecule is CC(C)Cn1nnnc1SCC(=O)N1CCN(C(c2ccccc2)c2ccccc2)CC1. The van der Waals surface area contributed by atoms with Gasteiger partial charge in [0.05, 0.1) is 11.8 Å². The minimum absolute atomic E-state index is 0.143. The number of aromatic nitrogens is 4. The first kappa shape index (κ1) is 22.5. The van der Waals surface area contributed by atoms with Crippen LogP contribution in [-0.4, -0.2) is 67.8 Å². The zero-order valence-corrected chi connectivity index (χ0v) is 19.5. The number of thioether (sulfide) groups is 1. The van der Waals surface area contributed by atoms with Gasteiger partial charge in [-0.2, -0.15) is 0 Å². The summed E-state index contributed by atoms with van der Waals surface area (Å²) in [4.78, 5) is 17.3. The number of hydrogen-bond donors (Lipinski definition) is 0.